The highest BCUT2D eigenvalue weighted by atomic mass is 28.3. The van der Waals surface area contributed by atoms with E-state index in [2.05, 4.69) is 30.3 Å². The van der Waals surface area contributed by atoms with Gasteiger partial charge in [0.25, 0.3) is 0 Å². The van der Waals surface area contributed by atoms with E-state index >= 15 is 0 Å². The summed E-state index contributed by atoms with van der Waals surface area (Å²) in [7, 11) is -1.37. The van der Waals surface area contributed by atoms with Gasteiger partial charge in [-0.3, -0.25) is 4.79 Å². The van der Waals surface area contributed by atoms with Gasteiger partial charge in [-0.05, 0) is 45.0 Å². The first kappa shape index (κ1) is 25.6. The average Bonchev–Trinajstić information content (AvgIpc) is 3.03. The Morgan fingerprint density at radius 1 is 1.19 bits per heavy atom. The van der Waals surface area contributed by atoms with Crippen LogP contribution in [0.25, 0.3) is 0 Å². The minimum atomic E-state index is -1.37. The number of rotatable bonds is 6. The molecule has 2 N–H and O–H groups in total. The highest BCUT2D eigenvalue weighted by Gasteiger charge is 2.42. The lowest BCUT2D eigenvalue weighted by Crippen LogP contribution is -2.45. The van der Waals surface area contributed by atoms with E-state index in [1.807, 2.05) is 0 Å². The molecule has 1 fully saturated rings. The number of hydrogen-bond donors (Lipinski definition) is 2. The molecule has 0 aromatic heterocycles. The first-order valence-corrected chi connectivity index (χ1v) is 14.4. The fourth-order valence-corrected chi connectivity index (χ4v) is 3.85. The summed E-state index contributed by atoms with van der Waals surface area (Å²) in [6, 6.07) is 5.67. The van der Waals surface area contributed by atoms with Gasteiger partial charge in [-0.1, -0.05) is 25.7 Å². The third-order valence-electron chi connectivity index (χ3n) is 4.79. The minimum absolute atomic E-state index is 0.0515. The van der Waals surface area contributed by atoms with Crippen LogP contribution in [0.3, 0.4) is 0 Å². The molecule has 0 spiro atoms. The number of benzene rings is 1. The van der Waals surface area contributed by atoms with Crippen LogP contribution in [0.2, 0.25) is 25.7 Å². The molecule has 0 radical (unpaired) electrons. The highest BCUT2D eigenvalue weighted by Crippen LogP contribution is 2.22. The maximum absolute atomic E-state index is 13.5. The summed E-state index contributed by atoms with van der Waals surface area (Å²) in [6.45, 7) is 12.2. The summed E-state index contributed by atoms with van der Waals surface area (Å²) in [5.41, 5.74) is -0.403. The molecule has 2 atom stereocenters. The fraction of sp³-hybridized carbons (Fsp3) is 0.591. The number of carbonyl (C=O) groups excluding carboxylic acids is 3. The number of hydrogen-bond acceptors (Lipinski definition) is 5. The maximum atomic E-state index is 13.5. The predicted molar refractivity (Wildman–Crippen MR) is 123 cm³/mol. The molecule has 178 valence electrons. The molecule has 1 aromatic carbocycles. The Morgan fingerprint density at radius 3 is 2.47 bits per heavy atom. The van der Waals surface area contributed by atoms with E-state index in [4.69, 9.17) is 9.47 Å². The number of likely N-dealkylation sites (tertiary alicyclic amines) is 1. The molecule has 0 bridgehead atoms. The standard InChI is InChI=1S/C22H34FN3O5Si/c1-22(2,3)31-21(29)26-13-17(19(27)24-16-9-7-8-15(23)12-16)18(14-26)25-20(28)30-10-11-32(4,5)6/h7-9,12,17-18H,10-11,13-14H2,1-6H3,(H,24,27)(H,25,28). The van der Waals surface area contributed by atoms with Crippen LogP contribution in [-0.4, -0.2) is 62.4 Å². The predicted octanol–water partition coefficient (Wildman–Crippen LogP) is 4.06. The van der Waals surface area contributed by atoms with Gasteiger partial charge in [0.2, 0.25) is 5.91 Å². The largest absolute Gasteiger partial charge is 0.450 e. The number of ether oxygens (including phenoxy) is 2. The van der Waals surface area contributed by atoms with Crippen molar-refractivity contribution < 1.29 is 28.2 Å². The van der Waals surface area contributed by atoms with E-state index in [1.165, 1.54) is 23.1 Å². The number of nitrogens with zero attached hydrogens (tertiary/aromatic N) is 1. The van der Waals surface area contributed by atoms with Crippen molar-refractivity contribution in [3.63, 3.8) is 0 Å². The Balaban J connectivity index is 2.08. The average molecular weight is 468 g/mol. The quantitative estimate of drug-likeness (QED) is 0.615. The van der Waals surface area contributed by atoms with Gasteiger partial charge in [0, 0.05) is 26.9 Å². The van der Waals surface area contributed by atoms with Crippen molar-refractivity contribution in [1.82, 2.24) is 10.2 Å². The first-order valence-electron chi connectivity index (χ1n) is 10.7. The van der Waals surface area contributed by atoms with E-state index < -0.39 is 49.5 Å². The SMILES string of the molecule is CC(C)(C)OC(=O)N1CC(NC(=O)OCC[Si](C)(C)C)C(C(=O)Nc2cccc(F)c2)C1. The van der Waals surface area contributed by atoms with E-state index in [0.717, 1.165) is 6.04 Å². The maximum Gasteiger partial charge on any atom is 0.410 e. The third kappa shape index (κ3) is 8.49. The van der Waals surface area contributed by atoms with Crippen molar-refractivity contribution in [2.24, 2.45) is 5.92 Å². The Labute approximate surface area is 189 Å². The van der Waals surface area contributed by atoms with E-state index in [9.17, 15) is 18.8 Å². The molecule has 3 amide bonds. The van der Waals surface area contributed by atoms with Gasteiger partial charge < -0.3 is 25.0 Å². The van der Waals surface area contributed by atoms with Gasteiger partial charge in [0.1, 0.15) is 11.4 Å². The summed E-state index contributed by atoms with van der Waals surface area (Å²) in [4.78, 5) is 39.2. The van der Waals surface area contributed by atoms with E-state index in [1.54, 1.807) is 26.8 Å². The van der Waals surface area contributed by atoms with Crippen LogP contribution in [0.15, 0.2) is 24.3 Å². The van der Waals surface area contributed by atoms with Crippen LogP contribution in [-0.2, 0) is 14.3 Å². The second-order valence-electron chi connectivity index (χ2n) is 10.2. The molecule has 2 unspecified atom stereocenters. The Bertz CT molecular complexity index is 838. The van der Waals surface area contributed by atoms with Crippen LogP contribution in [0.5, 0.6) is 0 Å². The Hall–Kier alpha value is -2.62. The minimum Gasteiger partial charge on any atom is -0.450 e. The van der Waals surface area contributed by atoms with Gasteiger partial charge in [-0.2, -0.15) is 0 Å². The smallest absolute Gasteiger partial charge is 0.410 e. The van der Waals surface area contributed by atoms with Crippen LogP contribution < -0.4 is 10.6 Å². The molecular formula is C22H34FN3O5Si. The first-order chi connectivity index (χ1) is 14.7. The lowest BCUT2D eigenvalue weighted by Gasteiger charge is -2.24. The lowest BCUT2D eigenvalue weighted by molar-refractivity contribution is -0.119. The number of carbonyl (C=O) groups is 3. The van der Waals surface area contributed by atoms with E-state index in [0.29, 0.717) is 12.3 Å². The molecule has 1 aliphatic rings. The summed E-state index contributed by atoms with van der Waals surface area (Å²) in [5.74, 6) is -1.67. The van der Waals surface area contributed by atoms with Crippen molar-refractivity contribution in [2.45, 2.75) is 58.1 Å². The number of halogens is 1. The molecule has 0 saturated carbocycles. The van der Waals surface area contributed by atoms with Gasteiger partial charge in [-0.15, -0.1) is 0 Å². The molecule has 0 aliphatic carbocycles. The number of anilines is 1. The van der Waals surface area contributed by atoms with Crippen molar-refractivity contribution in [2.75, 3.05) is 25.0 Å². The summed E-state index contributed by atoms with van der Waals surface area (Å²) in [5, 5.41) is 5.37. The number of amides is 3. The number of nitrogens with one attached hydrogen (secondary N) is 2. The van der Waals surface area contributed by atoms with Crippen molar-refractivity contribution in [3.8, 4) is 0 Å². The van der Waals surface area contributed by atoms with Gasteiger partial charge in [-0.25, -0.2) is 14.0 Å². The van der Waals surface area contributed by atoms with Crippen LogP contribution in [0.4, 0.5) is 19.7 Å². The molecule has 1 aromatic rings. The topological polar surface area (TPSA) is 97.0 Å². The molecule has 1 aliphatic heterocycles. The fourth-order valence-electron chi connectivity index (χ4n) is 3.14. The van der Waals surface area contributed by atoms with Gasteiger partial charge in [0.05, 0.1) is 18.6 Å². The van der Waals surface area contributed by atoms with Gasteiger partial charge >= 0.3 is 12.2 Å². The third-order valence-corrected chi connectivity index (χ3v) is 6.49. The zero-order valence-electron chi connectivity index (χ0n) is 19.7. The van der Waals surface area contributed by atoms with E-state index in [-0.39, 0.29) is 13.1 Å². The Morgan fingerprint density at radius 2 is 1.88 bits per heavy atom. The summed E-state index contributed by atoms with van der Waals surface area (Å²) < 4.78 is 24.2. The summed E-state index contributed by atoms with van der Waals surface area (Å²) in [6.07, 6.45) is -1.21. The normalized spacial score (nSPS) is 18.8. The van der Waals surface area contributed by atoms with Crippen LogP contribution in [0.1, 0.15) is 20.8 Å². The van der Waals surface area contributed by atoms with Crippen molar-refractivity contribution in [1.29, 1.82) is 0 Å². The van der Waals surface area contributed by atoms with Crippen molar-refractivity contribution >= 4 is 31.9 Å². The molecule has 32 heavy (non-hydrogen) atoms. The second-order valence-corrected chi connectivity index (χ2v) is 15.8. The molecule has 1 saturated heterocycles. The zero-order valence-corrected chi connectivity index (χ0v) is 20.7. The lowest BCUT2D eigenvalue weighted by atomic mass is 10.0. The van der Waals surface area contributed by atoms with Crippen LogP contribution >= 0.6 is 0 Å². The zero-order chi connectivity index (χ0) is 24.1. The molecule has 8 nitrogen and oxygen atoms in total. The number of alkyl carbamates (subject to hydrolysis) is 1. The molecule has 2 rings (SSSR count). The Kier molecular flexibility index (Phi) is 8.27. The van der Waals surface area contributed by atoms with Gasteiger partial charge in [0.15, 0.2) is 0 Å². The molecule has 1 heterocycles. The second kappa shape index (κ2) is 10.3. The monoisotopic (exact) mass is 467 g/mol. The molecule has 10 heteroatoms. The van der Waals surface area contributed by atoms with Crippen LogP contribution in [0, 0.1) is 11.7 Å². The summed E-state index contributed by atoms with van der Waals surface area (Å²) >= 11 is 0. The highest BCUT2D eigenvalue weighted by molar-refractivity contribution is 6.76. The van der Waals surface area contributed by atoms with Crippen molar-refractivity contribution in [3.05, 3.63) is 30.1 Å². The molecular weight excluding hydrogens is 433 g/mol.